The van der Waals surface area contributed by atoms with Crippen LogP contribution in [0.15, 0.2) is 47.6 Å². The van der Waals surface area contributed by atoms with Crippen LogP contribution in [0.2, 0.25) is 10.0 Å². The number of amides is 1. The average molecular weight is 583 g/mol. The summed E-state index contributed by atoms with van der Waals surface area (Å²) in [7, 11) is 0. The zero-order valence-electron chi connectivity index (χ0n) is 17.8. The van der Waals surface area contributed by atoms with E-state index in [-0.39, 0.29) is 17.9 Å². The number of nitrogens with one attached hydrogen (secondary N) is 1. The van der Waals surface area contributed by atoms with E-state index >= 15 is 0 Å². The summed E-state index contributed by atoms with van der Waals surface area (Å²) in [5.41, 5.74) is 5.49. The molecule has 5 nitrogen and oxygen atoms in total. The summed E-state index contributed by atoms with van der Waals surface area (Å²) in [6.45, 7) is 3.93. The first-order chi connectivity index (χ1) is 15.4. The highest BCUT2D eigenvalue weighted by atomic mass is 127. The van der Waals surface area contributed by atoms with Gasteiger partial charge >= 0.3 is 0 Å². The third-order valence-electron chi connectivity index (χ3n) is 6.97. The fraction of sp³-hybridized carbons (Fsp3) is 0.417. The van der Waals surface area contributed by atoms with Crippen molar-refractivity contribution in [2.24, 2.45) is 22.9 Å². The first kappa shape index (κ1) is 22.4. The molecule has 2 aliphatic heterocycles. The van der Waals surface area contributed by atoms with Crippen molar-refractivity contribution in [3.63, 3.8) is 0 Å². The second-order valence-corrected chi connectivity index (χ2v) is 11.1. The predicted molar refractivity (Wildman–Crippen MR) is 138 cm³/mol. The second-order valence-electron chi connectivity index (χ2n) is 9.01. The molecular weight excluding hydrogens is 558 g/mol. The van der Waals surface area contributed by atoms with Crippen LogP contribution in [-0.2, 0) is 4.79 Å². The lowest BCUT2D eigenvalue weighted by Gasteiger charge is -2.27. The van der Waals surface area contributed by atoms with Gasteiger partial charge < -0.3 is 0 Å². The number of anilines is 1. The van der Waals surface area contributed by atoms with Crippen LogP contribution in [0.25, 0.3) is 0 Å². The van der Waals surface area contributed by atoms with Gasteiger partial charge in [0.05, 0.1) is 16.8 Å². The Labute approximate surface area is 212 Å². The predicted octanol–water partition coefficient (Wildman–Crippen LogP) is 5.91. The Bertz CT molecular complexity index is 1050. The number of nitrogens with zero attached hydrogens (tertiary/aromatic N) is 3. The first-order valence-corrected chi connectivity index (χ1v) is 12.9. The first-order valence-electron chi connectivity index (χ1n) is 11.0. The molecule has 0 spiro atoms. The number of hydrazone groups is 1. The fourth-order valence-corrected chi connectivity index (χ4v) is 6.23. The number of benzene rings is 2. The smallest absolute Gasteiger partial charge is 0.282 e. The molecule has 2 fully saturated rings. The van der Waals surface area contributed by atoms with E-state index in [2.05, 4.69) is 64.2 Å². The van der Waals surface area contributed by atoms with Crippen molar-refractivity contribution in [2.75, 3.05) is 18.1 Å². The summed E-state index contributed by atoms with van der Waals surface area (Å²) in [6.07, 6.45) is 3.85. The second kappa shape index (κ2) is 9.12. The normalized spacial score (nSPS) is 27.5. The third kappa shape index (κ3) is 4.27. The number of carbonyl (C=O) groups is 1. The molecule has 4 atom stereocenters. The van der Waals surface area contributed by atoms with Crippen molar-refractivity contribution >= 4 is 63.1 Å². The number of hydrogen-bond acceptors (Lipinski definition) is 4. The van der Waals surface area contributed by atoms with Crippen molar-refractivity contribution in [1.82, 2.24) is 10.4 Å². The van der Waals surface area contributed by atoms with Crippen LogP contribution >= 0.6 is 45.8 Å². The van der Waals surface area contributed by atoms with Crippen LogP contribution in [0.5, 0.6) is 0 Å². The van der Waals surface area contributed by atoms with E-state index in [4.69, 9.17) is 28.3 Å². The van der Waals surface area contributed by atoms with E-state index in [1.807, 2.05) is 11.1 Å². The van der Waals surface area contributed by atoms with Gasteiger partial charge in [-0.25, -0.2) is 5.01 Å². The highest BCUT2D eigenvalue weighted by Crippen LogP contribution is 2.43. The Balaban J connectivity index is 1.44. The molecule has 1 N–H and O–H groups in total. The standard InChI is InChI=1S/C24H25Cl2IN4O/c1-14-22(24(32)29-30-12-16-3-2-4-17(16)13-30)28-31(21-10-7-18(25)11-20(21)26)23(14)15-5-8-19(27)9-6-15/h5-11,14,16-17,23H,2-4,12-13H2,1H3,(H,29,32). The lowest BCUT2D eigenvalue weighted by atomic mass is 9.91. The van der Waals surface area contributed by atoms with Crippen molar-refractivity contribution in [3.8, 4) is 0 Å². The number of fused-ring (bicyclic) bond motifs is 1. The summed E-state index contributed by atoms with van der Waals surface area (Å²) < 4.78 is 1.16. The Kier molecular flexibility index (Phi) is 6.40. The molecule has 32 heavy (non-hydrogen) atoms. The highest BCUT2D eigenvalue weighted by molar-refractivity contribution is 14.1. The third-order valence-corrected chi connectivity index (χ3v) is 8.23. The molecule has 1 saturated heterocycles. The van der Waals surface area contributed by atoms with Crippen LogP contribution in [0.3, 0.4) is 0 Å². The Morgan fingerprint density at radius 1 is 1.09 bits per heavy atom. The van der Waals surface area contributed by atoms with Gasteiger partial charge in [0.25, 0.3) is 5.91 Å². The fourth-order valence-electron chi connectivity index (χ4n) is 5.37. The average Bonchev–Trinajstić information content (AvgIpc) is 3.42. The lowest BCUT2D eigenvalue weighted by Crippen LogP contribution is -2.45. The van der Waals surface area contributed by atoms with Gasteiger partial charge in [-0.05, 0) is 83.2 Å². The lowest BCUT2D eigenvalue weighted by molar-refractivity contribution is -0.119. The van der Waals surface area contributed by atoms with Crippen LogP contribution in [0.4, 0.5) is 5.69 Å². The summed E-state index contributed by atoms with van der Waals surface area (Å²) in [4.78, 5) is 13.3. The van der Waals surface area contributed by atoms with E-state index in [1.165, 1.54) is 19.3 Å². The Morgan fingerprint density at radius 2 is 1.78 bits per heavy atom. The summed E-state index contributed by atoms with van der Waals surface area (Å²) in [5, 5.41) is 9.85. The molecule has 4 unspecified atom stereocenters. The van der Waals surface area contributed by atoms with Gasteiger partial charge in [0.1, 0.15) is 5.71 Å². The van der Waals surface area contributed by atoms with Crippen LogP contribution in [0, 0.1) is 21.3 Å². The molecule has 3 aliphatic rings. The SMILES string of the molecule is CC1C(C(=O)NN2CC3CCCC3C2)=NN(c2ccc(Cl)cc2Cl)C1c1ccc(I)cc1. The van der Waals surface area contributed by atoms with Crippen molar-refractivity contribution in [1.29, 1.82) is 0 Å². The van der Waals surface area contributed by atoms with Gasteiger partial charge in [-0.3, -0.25) is 15.2 Å². The molecule has 5 rings (SSSR count). The molecule has 2 heterocycles. The van der Waals surface area contributed by atoms with E-state index in [0.717, 1.165) is 27.9 Å². The molecule has 0 radical (unpaired) electrons. The van der Waals surface area contributed by atoms with E-state index in [9.17, 15) is 4.79 Å². The van der Waals surface area contributed by atoms with Gasteiger partial charge in [-0.1, -0.05) is 48.7 Å². The van der Waals surface area contributed by atoms with Crippen LogP contribution in [-0.4, -0.2) is 29.7 Å². The molecule has 8 heteroatoms. The van der Waals surface area contributed by atoms with Crippen molar-refractivity contribution in [2.45, 2.75) is 32.2 Å². The summed E-state index contributed by atoms with van der Waals surface area (Å²) >= 11 is 15.0. The van der Waals surface area contributed by atoms with Gasteiger partial charge in [-0.15, -0.1) is 0 Å². The highest BCUT2D eigenvalue weighted by Gasteiger charge is 2.42. The molecule has 168 valence electrons. The quantitative estimate of drug-likeness (QED) is 0.456. The molecule has 0 aromatic heterocycles. The van der Waals surface area contributed by atoms with Crippen LogP contribution in [0.1, 0.15) is 37.8 Å². The largest absolute Gasteiger partial charge is 0.284 e. The molecule has 1 aliphatic carbocycles. The molecular formula is C24H25Cl2IN4O. The Hall–Kier alpha value is -1.35. The maximum absolute atomic E-state index is 13.3. The summed E-state index contributed by atoms with van der Waals surface area (Å²) in [5.74, 6) is 1.19. The zero-order valence-corrected chi connectivity index (χ0v) is 21.4. The van der Waals surface area contributed by atoms with Gasteiger partial charge in [0.15, 0.2) is 0 Å². The number of carbonyl (C=O) groups excluding carboxylic acids is 1. The number of hydrazine groups is 1. The Morgan fingerprint density at radius 3 is 2.44 bits per heavy atom. The van der Waals surface area contributed by atoms with Crippen molar-refractivity contribution in [3.05, 3.63) is 61.6 Å². The van der Waals surface area contributed by atoms with E-state index in [1.54, 1.807) is 12.1 Å². The molecule has 1 amide bonds. The summed E-state index contributed by atoms with van der Waals surface area (Å²) in [6, 6.07) is 13.6. The van der Waals surface area contributed by atoms with Crippen LogP contribution < -0.4 is 10.4 Å². The minimum Gasteiger partial charge on any atom is -0.284 e. The van der Waals surface area contributed by atoms with Crippen molar-refractivity contribution < 1.29 is 4.79 Å². The molecule has 2 aromatic carbocycles. The minimum atomic E-state index is -0.135. The van der Waals surface area contributed by atoms with E-state index in [0.29, 0.717) is 27.6 Å². The zero-order chi connectivity index (χ0) is 22.4. The maximum atomic E-state index is 13.3. The number of hydrogen-bond donors (Lipinski definition) is 1. The number of halogens is 3. The monoisotopic (exact) mass is 582 g/mol. The maximum Gasteiger partial charge on any atom is 0.282 e. The molecule has 0 bridgehead atoms. The molecule has 2 aromatic rings. The minimum absolute atomic E-state index is 0.107. The van der Waals surface area contributed by atoms with Gasteiger partial charge in [0.2, 0.25) is 0 Å². The van der Waals surface area contributed by atoms with E-state index < -0.39 is 0 Å². The van der Waals surface area contributed by atoms with Gasteiger partial charge in [0, 0.05) is 27.6 Å². The van der Waals surface area contributed by atoms with Gasteiger partial charge in [-0.2, -0.15) is 5.10 Å². The number of rotatable bonds is 4. The topological polar surface area (TPSA) is 47.9 Å². The molecule has 1 saturated carbocycles.